The van der Waals surface area contributed by atoms with Crippen LogP contribution in [0, 0.1) is 5.82 Å². The normalized spacial score (nSPS) is 11.9. The van der Waals surface area contributed by atoms with Crippen molar-refractivity contribution < 1.29 is 51.2 Å². The van der Waals surface area contributed by atoms with Gasteiger partial charge in [-0.05, 0) is 84.6 Å². The summed E-state index contributed by atoms with van der Waals surface area (Å²) in [6, 6.07) is 21.9. The molecule has 0 heterocycles. The van der Waals surface area contributed by atoms with Crippen LogP contribution in [-0.2, 0) is 29.6 Å². The van der Waals surface area contributed by atoms with Crippen molar-refractivity contribution in [3.63, 3.8) is 0 Å². The molecule has 0 saturated carbocycles. The Hall–Kier alpha value is -5.03. The van der Waals surface area contributed by atoms with Crippen molar-refractivity contribution in [3.8, 4) is 28.7 Å². The quantitative estimate of drug-likeness (QED) is 0.0407. The van der Waals surface area contributed by atoms with Crippen molar-refractivity contribution in [1.29, 1.82) is 0 Å². The molecule has 0 radical (unpaired) electrons. The summed E-state index contributed by atoms with van der Waals surface area (Å²) in [6.45, 7) is 3.91. The molecule has 0 fully saturated rings. The van der Waals surface area contributed by atoms with Crippen LogP contribution < -0.4 is 29.0 Å². The Morgan fingerprint density at radius 2 is 1.33 bits per heavy atom. The van der Waals surface area contributed by atoms with E-state index >= 15 is 0 Å². The van der Waals surface area contributed by atoms with Gasteiger partial charge in [0.25, 0.3) is 0 Å². The van der Waals surface area contributed by atoms with Crippen molar-refractivity contribution in [3.05, 3.63) is 107 Å². The molecule has 52 heavy (non-hydrogen) atoms. The van der Waals surface area contributed by atoms with E-state index < -0.39 is 25.2 Å². The number of carbonyl (C=O) groups is 1. The lowest BCUT2D eigenvalue weighted by Gasteiger charge is -2.28. The van der Waals surface area contributed by atoms with Gasteiger partial charge in [-0.15, -0.1) is 0 Å². The summed E-state index contributed by atoms with van der Waals surface area (Å²) in [5, 5.41) is 3.21. The molecule has 0 amide bonds. The summed E-state index contributed by atoms with van der Waals surface area (Å²) in [5.74, 6) is 0.891. The van der Waals surface area contributed by atoms with Crippen LogP contribution in [0.4, 0.5) is 10.1 Å². The maximum atomic E-state index is 13.7. The van der Waals surface area contributed by atoms with Gasteiger partial charge >= 0.3 is 13.6 Å². The van der Waals surface area contributed by atoms with E-state index in [4.69, 9.17) is 37.5 Å². The first kappa shape index (κ1) is 39.8. The van der Waals surface area contributed by atoms with Crippen molar-refractivity contribution >= 4 is 31.4 Å². The third-order valence-electron chi connectivity index (χ3n) is 7.67. The molecule has 0 spiro atoms. The molecule has 0 aliphatic carbocycles. The SMILES string of the molecule is CCOP(=O)(OCC)C(Nc1ccc(CC(=O)OCCOc2cc(/C=C\c3cc(OC)c(OC)c(OC)c3)ccc2OC)cc1)c1ccc(F)cc1. The monoisotopic (exact) mass is 737 g/mol. The largest absolute Gasteiger partial charge is 0.493 e. The number of carbonyl (C=O) groups excluding carboxylic acids is 1. The zero-order chi connectivity index (χ0) is 37.5. The van der Waals surface area contributed by atoms with Crippen LogP contribution in [0.25, 0.3) is 12.2 Å². The zero-order valence-electron chi connectivity index (χ0n) is 30.2. The molecule has 1 N–H and O–H groups in total. The van der Waals surface area contributed by atoms with Gasteiger partial charge in [-0.2, -0.15) is 0 Å². The highest BCUT2D eigenvalue weighted by Crippen LogP contribution is 2.60. The van der Waals surface area contributed by atoms with Gasteiger partial charge in [-0.1, -0.05) is 42.5 Å². The average Bonchev–Trinajstić information content (AvgIpc) is 3.15. The highest BCUT2D eigenvalue weighted by molar-refractivity contribution is 7.54. The van der Waals surface area contributed by atoms with Crippen LogP contribution in [-0.4, -0.2) is 60.8 Å². The molecular weight excluding hydrogens is 692 g/mol. The minimum Gasteiger partial charge on any atom is -0.493 e. The van der Waals surface area contributed by atoms with Crippen LogP contribution in [0.1, 0.15) is 41.9 Å². The zero-order valence-corrected chi connectivity index (χ0v) is 31.1. The smallest absolute Gasteiger partial charge is 0.357 e. The highest BCUT2D eigenvalue weighted by atomic mass is 31.2. The van der Waals surface area contributed by atoms with E-state index in [1.807, 2.05) is 36.4 Å². The Morgan fingerprint density at radius 1 is 0.731 bits per heavy atom. The summed E-state index contributed by atoms with van der Waals surface area (Å²) in [5.41, 5.74) is 3.54. The standard InChI is InChI=1S/C39H45FNO10P/c1-7-50-52(43,51-8-2)39(30-14-16-31(40)17-15-30)41-32-18-11-28(12-19-32)26-37(42)49-22-21-48-34-23-27(13-20-33(34)44-3)9-10-29-24-35(45-4)38(47-6)36(25-29)46-5/h9-20,23-25,39,41H,7-8,21-22,26H2,1-6H3/b10-9-. The minimum absolute atomic E-state index is 0.0244. The van der Waals surface area contributed by atoms with E-state index in [0.29, 0.717) is 45.6 Å². The van der Waals surface area contributed by atoms with E-state index in [-0.39, 0.29) is 32.8 Å². The summed E-state index contributed by atoms with van der Waals surface area (Å²) < 4.78 is 71.7. The first-order chi connectivity index (χ1) is 25.2. The first-order valence-electron chi connectivity index (χ1n) is 16.6. The third kappa shape index (κ3) is 10.7. The summed E-state index contributed by atoms with van der Waals surface area (Å²) in [4.78, 5) is 12.6. The number of ether oxygens (including phenoxy) is 6. The lowest BCUT2D eigenvalue weighted by atomic mass is 10.1. The van der Waals surface area contributed by atoms with Crippen molar-refractivity contribution in [2.45, 2.75) is 26.1 Å². The second-order valence-corrected chi connectivity index (χ2v) is 13.2. The number of methoxy groups -OCH3 is 4. The summed E-state index contributed by atoms with van der Waals surface area (Å²) in [7, 11) is 2.55. The molecule has 1 unspecified atom stereocenters. The second kappa shape index (κ2) is 19.5. The van der Waals surface area contributed by atoms with E-state index in [9.17, 15) is 13.8 Å². The molecule has 1 atom stereocenters. The first-order valence-corrected chi connectivity index (χ1v) is 18.2. The molecule has 4 aromatic rings. The lowest BCUT2D eigenvalue weighted by molar-refractivity contribution is -0.143. The third-order valence-corrected chi connectivity index (χ3v) is 9.97. The summed E-state index contributed by atoms with van der Waals surface area (Å²) in [6.07, 6.45) is 3.85. The number of nitrogens with one attached hydrogen (secondary N) is 1. The number of rotatable bonds is 20. The molecule has 0 saturated heterocycles. The molecule has 0 aromatic heterocycles. The van der Waals surface area contributed by atoms with Crippen LogP contribution >= 0.6 is 7.60 Å². The van der Waals surface area contributed by atoms with Crippen LogP contribution in [0.3, 0.4) is 0 Å². The average molecular weight is 738 g/mol. The minimum atomic E-state index is -3.68. The number of esters is 1. The topological polar surface area (TPSA) is 120 Å². The highest BCUT2D eigenvalue weighted by Gasteiger charge is 2.37. The van der Waals surface area contributed by atoms with Crippen LogP contribution in [0.15, 0.2) is 78.9 Å². The Kier molecular flexibility index (Phi) is 14.9. The number of hydrogen-bond acceptors (Lipinski definition) is 11. The maximum absolute atomic E-state index is 13.7. The van der Waals surface area contributed by atoms with Gasteiger partial charge in [-0.3, -0.25) is 9.36 Å². The number of halogens is 1. The van der Waals surface area contributed by atoms with Gasteiger partial charge in [0.1, 0.15) is 19.0 Å². The van der Waals surface area contributed by atoms with Gasteiger partial charge < -0.3 is 42.8 Å². The fourth-order valence-corrected chi connectivity index (χ4v) is 7.17. The molecular formula is C39H45FNO10P. The molecule has 11 nitrogen and oxygen atoms in total. The van der Waals surface area contributed by atoms with Gasteiger partial charge in [0, 0.05) is 5.69 Å². The number of hydrogen-bond donors (Lipinski definition) is 1. The number of anilines is 1. The van der Waals surface area contributed by atoms with Gasteiger partial charge in [0.15, 0.2) is 28.8 Å². The molecule has 0 aliphatic heterocycles. The predicted molar refractivity (Wildman–Crippen MR) is 198 cm³/mol. The second-order valence-electron chi connectivity index (χ2n) is 11.1. The molecule has 4 aromatic carbocycles. The molecule has 13 heteroatoms. The Bertz CT molecular complexity index is 1800. The van der Waals surface area contributed by atoms with Gasteiger partial charge in [0.2, 0.25) is 5.75 Å². The van der Waals surface area contributed by atoms with Crippen LogP contribution in [0.2, 0.25) is 0 Å². The van der Waals surface area contributed by atoms with Crippen molar-refractivity contribution in [2.24, 2.45) is 0 Å². The van der Waals surface area contributed by atoms with E-state index in [0.717, 1.165) is 11.1 Å². The molecule has 0 bridgehead atoms. The fraction of sp³-hybridized carbons (Fsp3) is 0.308. The Labute approximate surface area is 304 Å². The van der Waals surface area contributed by atoms with E-state index in [1.54, 1.807) is 72.6 Å². The molecule has 0 aliphatic rings. The van der Waals surface area contributed by atoms with E-state index in [2.05, 4.69) is 5.32 Å². The predicted octanol–water partition coefficient (Wildman–Crippen LogP) is 8.57. The summed E-state index contributed by atoms with van der Waals surface area (Å²) >= 11 is 0. The van der Waals surface area contributed by atoms with Gasteiger partial charge in [-0.25, -0.2) is 4.39 Å². The molecule has 4 rings (SSSR count). The maximum Gasteiger partial charge on any atom is 0.357 e. The molecule has 278 valence electrons. The Morgan fingerprint density at radius 3 is 1.90 bits per heavy atom. The number of benzene rings is 4. The van der Waals surface area contributed by atoms with Crippen molar-refractivity contribution in [1.82, 2.24) is 0 Å². The van der Waals surface area contributed by atoms with Crippen LogP contribution in [0.5, 0.6) is 28.7 Å². The van der Waals surface area contributed by atoms with Gasteiger partial charge in [0.05, 0.1) is 48.1 Å². The Balaban J connectivity index is 1.33. The van der Waals surface area contributed by atoms with E-state index in [1.165, 1.54) is 24.3 Å². The lowest BCUT2D eigenvalue weighted by Crippen LogP contribution is -2.16. The fourth-order valence-electron chi connectivity index (χ4n) is 5.24. The van der Waals surface area contributed by atoms with Crippen molar-refractivity contribution in [2.75, 3.05) is 60.2 Å².